The third kappa shape index (κ3) is 4.47. The molecule has 1 fully saturated rings. The molecule has 0 bridgehead atoms. The van der Waals surface area contributed by atoms with Gasteiger partial charge in [0.05, 0.1) is 13.5 Å². The first-order valence-corrected chi connectivity index (χ1v) is 5.70. The Balaban J connectivity index is 2.12. The van der Waals surface area contributed by atoms with E-state index in [1.165, 1.54) is 26.6 Å². The molecule has 0 saturated carbocycles. The fourth-order valence-corrected chi connectivity index (χ4v) is 1.94. The molecule has 0 aromatic carbocycles. The first-order chi connectivity index (χ1) is 7.26. The lowest BCUT2D eigenvalue weighted by Crippen LogP contribution is -2.19. The zero-order valence-corrected chi connectivity index (χ0v) is 9.74. The molecular formula is C12H21NO2. The van der Waals surface area contributed by atoms with Gasteiger partial charge in [0.1, 0.15) is 0 Å². The van der Waals surface area contributed by atoms with Crippen molar-refractivity contribution in [2.24, 2.45) is 5.92 Å². The van der Waals surface area contributed by atoms with Gasteiger partial charge in [-0.25, -0.2) is 0 Å². The fraction of sp³-hybridized carbons (Fsp3) is 0.750. The Bertz CT molecular complexity index is 226. The van der Waals surface area contributed by atoms with Gasteiger partial charge < -0.3 is 9.64 Å². The first kappa shape index (κ1) is 12.2. The van der Waals surface area contributed by atoms with Crippen molar-refractivity contribution in [3.05, 3.63) is 12.2 Å². The zero-order chi connectivity index (χ0) is 11.1. The smallest absolute Gasteiger partial charge is 0.309 e. The predicted octanol–water partition coefficient (Wildman–Crippen LogP) is 1.84. The molecule has 0 spiro atoms. The number of likely N-dealkylation sites (tertiary alicyclic amines) is 1. The van der Waals surface area contributed by atoms with Gasteiger partial charge in [0.25, 0.3) is 0 Å². The number of methoxy groups -OCH3 is 1. The molecule has 15 heavy (non-hydrogen) atoms. The second-order valence-electron chi connectivity index (χ2n) is 4.04. The van der Waals surface area contributed by atoms with Crippen molar-refractivity contribution in [3.63, 3.8) is 0 Å². The average molecular weight is 211 g/mol. The molecule has 3 nitrogen and oxygen atoms in total. The topological polar surface area (TPSA) is 29.5 Å². The highest BCUT2D eigenvalue weighted by atomic mass is 16.5. The third-order valence-corrected chi connectivity index (χ3v) is 2.97. The van der Waals surface area contributed by atoms with Gasteiger partial charge in [-0.15, -0.1) is 0 Å². The lowest BCUT2D eigenvalue weighted by atomic mass is 10.0. The van der Waals surface area contributed by atoms with Crippen LogP contribution in [0.2, 0.25) is 0 Å². The minimum atomic E-state index is -0.159. The molecule has 1 aliphatic rings. The maximum absolute atomic E-state index is 10.8. The van der Waals surface area contributed by atoms with Crippen LogP contribution in [0.5, 0.6) is 0 Å². The fourth-order valence-electron chi connectivity index (χ4n) is 1.94. The van der Waals surface area contributed by atoms with E-state index in [-0.39, 0.29) is 5.97 Å². The SMILES string of the molecule is CCN1CCC(C/C=C\CC(=O)OC)C1. The number of hydrogen-bond donors (Lipinski definition) is 0. The van der Waals surface area contributed by atoms with E-state index >= 15 is 0 Å². The van der Waals surface area contributed by atoms with Crippen molar-refractivity contribution in [2.75, 3.05) is 26.7 Å². The Kier molecular flexibility index (Phi) is 5.40. The summed E-state index contributed by atoms with van der Waals surface area (Å²) in [4.78, 5) is 13.3. The van der Waals surface area contributed by atoms with E-state index in [4.69, 9.17) is 0 Å². The van der Waals surface area contributed by atoms with Crippen LogP contribution in [0.3, 0.4) is 0 Å². The van der Waals surface area contributed by atoms with Crippen molar-refractivity contribution in [3.8, 4) is 0 Å². The second-order valence-corrected chi connectivity index (χ2v) is 4.04. The molecule has 0 N–H and O–H groups in total. The molecule has 1 rings (SSSR count). The average Bonchev–Trinajstić information content (AvgIpc) is 2.72. The van der Waals surface area contributed by atoms with E-state index in [0.29, 0.717) is 6.42 Å². The van der Waals surface area contributed by atoms with Gasteiger partial charge in [-0.05, 0) is 31.8 Å². The van der Waals surface area contributed by atoms with Gasteiger partial charge in [0, 0.05) is 6.54 Å². The summed E-state index contributed by atoms with van der Waals surface area (Å²) in [6.45, 7) is 5.79. The lowest BCUT2D eigenvalue weighted by Gasteiger charge is -2.11. The number of rotatable bonds is 5. The Morgan fingerprint density at radius 2 is 2.33 bits per heavy atom. The molecule has 0 amide bonds. The van der Waals surface area contributed by atoms with Gasteiger partial charge in [0.2, 0.25) is 0 Å². The van der Waals surface area contributed by atoms with Gasteiger partial charge in [-0.1, -0.05) is 19.1 Å². The molecule has 0 aliphatic carbocycles. The number of allylic oxidation sites excluding steroid dienone is 1. The van der Waals surface area contributed by atoms with Crippen LogP contribution < -0.4 is 0 Å². The first-order valence-electron chi connectivity index (χ1n) is 5.70. The van der Waals surface area contributed by atoms with E-state index in [9.17, 15) is 4.79 Å². The summed E-state index contributed by atoms with van der Waals surface area (Å²) in [7, 11) is 1.42. The molecular weight excluding hydrogens is 190 g/mol. The third-order valence-electron chi connectivity index (χ3n) is 2.97. The molecule has 3 heteroatoms. The number of hydrogen-bond acceptors (Lipinski definition) is 3. The monoisotopic (exact) mass is 211 g/mol. The van der Waals surface area contributed by atoms with Crippen LogP contribution in [0.25, 0.3) is 0 Å². The summed E-state index contributed by atoms with van der Waals surface area (Å²) in [6, 6.07) is 0. The van der Waals surface area contributed by atoms with Crippen LogP contribution in [-0.4, -0.2) is 37.6 Å². The Morgan fingerprint density at radius 3 is 2.93 bits per heavy atom. The molecule has 1 saturated heterocycles. The van der Waals surface area contributed by atoms with Gasteiger partial charge >= 0.3 is 5.97 Å². The summed E-state index contributed by atoms with van der Waals surface area (Å²) >= 11 is 0. The van der Waals surface area contributed by atoms with Crippen LogP contribution >= 0.6 is 0 Å². The highest BCUT2D eigenvalue weighted by molar-refractivity contribution is 5.70. The second kappa shape index (κ2) is 6.62. The predicted molar refractivity (Wildman–Crippen MR) is 60.6 cm³/mol. The Morgan fingerprint density at radius 1 is 1.53 bits per heavy atom. The number of ether oxygens (including phenoxy) is 1. The lowest BCUT2D eigenvalue weighted by molar-refractivity contribution is -0.139. The normalized spacial score (nSPS) is 22.4. The molecule has 86 valence electrons. The minimum absolute atomic E-state index is 0.159. The Labute approximate surface area is 92.1 Å². The number of esters is 1. The van der Waals surface area contributed by atoms with Crippen LogP contribution in [0.4, 0.5) is 0 Å². The van der Waals surface area contributed by atoms with Crippen molar-refractivity contribution in [1.29, 1.82) is 0 Å². The van der Waals surface area contributed by atoms with Crippen molar-refractivity contribution >= 4 is 5.97 Å². The minimum Gasteiger partial charge on any atom is -0.469 e. The van der Waals surface area contributed by atoms with Crippen LogP contribution in [0, 0.1) is 5.92 Å². The maximum atomic E-state index is 10.8. The maximum Gasteiger partial charge on any atom is 0.309 e. The van der Waals surface area contributed by atoms with E-state index in [1.54, 1.807) is 0 Å². The van der Waals surface area contributed by atoms with Gasteiger partial charge in [-0.2, -0.15) is 0 Å². The van der Waals surface area contributed by atoms with E-state index in [2.05, 4.69) is 22.6 Å². The number of carbonyl (C=O) groups is 1. The summed E-state index contributed by atoms with van der Waals surface area (Å²) in [5.74, 6) is 0.617. The van der Waals surface area contributed by atoms with Crippen molar-refractivity contribution in [1.82, 2.24) is 4.90 Å². The zero-order valence-electron chi connectivity index (χ0n) is 9.74. The summed E-state index contributed by atoms with van der Waals surface area (Å²) in [5, 5.41) is 0. The van der Waals surface area contributed by atoms with Gasteiger partial charge in [-0.3, -0.25) is 4.79 Å². The largest absolute Gasteiger partial charge is 0.469 e. The van der Waals surface area contributed by atoms with E-state index in [1.807, 2.05) is 6.08 Å². The van der Waals surface area contributed by atoms with Crippen LogP contribution in [-0.2, 0) is 9.53 Å². The highest BCUT2D eigenvalue weighted by Crippen LogP contribution is 2.19. The summed E-state index contributed by atoms with van der Waals surface area (Å²) < 4.78 is 4.56. The standard InChI is InChI=1S/C12H21NO2/c1-3-13-9-8-11(10-13)6-4-5-7-12(14)15-2/h4-5,11H,3,6-10H2,1-2H3/b5-4-. The van der Waals surface area contributed by atoms with E-state index < -0.39 is 0 Å². The van der Waals surface area contributed by atoms with E-state index in [0.717, 1.165) is 18.9 Å². The quantitative estimate of drug-likeness (QED) is 0.513. The molecule has 1 unspecified atom stereocenters. The van der Waals surface area contributed by atoms with Crippen molar-refractivity contribution in [2.45, 2.75) is 26.2 Å². The molecule has 1 atom stereocenters. The summed E-state index contributed by atoms with van der Waals surface area (Å²) in [5.41, 5.74) is 0. The van der Waals surface area contributed by atoms with Crippen molar-refractivity contribution < 1.29 is 9.53 Å². The molecule has 1 aliphatic heterocycles. The molecule has 0 radical (unpaired) electrons. The Hall–Kier alpha value is -0.830. The number of nitrogens with zero attached hydrogens (tertiary/aromatic N) is 1. The molecule has 0 aromatic rings. The van der Waals surface area contributed by atoms with Gasteiger partial charge in [0.15, 0.2) is 0 Å². The highest BCUT2D eigenvalue weighted by Gasteiger charge is 2.19. The van der Waals surface area contributed by atoms with Crippen LogP contribution in [0.1, 0.15) is 26.2 Å². The molecule has 0 aromatic heterocycles. The number of carbonyl (C=O) groups excluding carboxylic acids is 1. The molecule has 1 heterocycles. The summed E-state index contributed by atoms with van der Waals surface area (Å²) in [6.07, 6.45) is 6.81. The van der Waals surface area contributed by atoms with Crippen LogP contribution in [0.15, 0.2) is 12.2 Å².